The maximum atomic E-state index is 12.0. The van der Waals surface area contributed by atoms with Crippen molar-refractivity contribution in [2.24, 2.45) is 0 Å². The van der Waals surface area contributed by atoms with Gasteiger partial charge in [0.1, 0.15) is 0 Å². The molecule has 1 rings (SSSR count). The van der Waals surface area contributed by atoms with Gasteiger partial charge in [0.2, 0.25) is 5.91 Å². The molecule has 0 saturated heterocycles. The molecule has 0 aliphatic carbocycles. The van der Waals surface area contributed by atoms with Gasteiger partial charge in [0.05, 0.1) is 13.2 Å². The van der Waals surface area contributed by atoms with Gasteiger partial charge in [0, 0.05) is 20.1 Å². The van der Waals surface area contributed by atoms with Crippen molar-refractivity contribution in [2.75, 3.05) is 33.3 Å². The normalized spacial score (nSPS) is 10.7. The van der Waals surface area contributed by atoms with Crippen molar-refractivity contribution in [1.82, 2.24) is 9.80 Å². The van der Waals surface area contributed by atoms with Crippen LogP contribution in [0.25, 0.3) is 0 Å². The zero-order valence-corrected chi connectivity index (χ0v) is 11.2. The Hall–Kier alpha value is -1.39. The predicted molar refractivity (Wildman–Crippen MR) is 72.1 cm³/mol. The number of rotatable bonds is 7. The average Bonchev–Trinajstić information content (AvgIpc) is 2.39. The van der Waals surface area contributed by atoms with Crippen molar-refractivity contribution in [3.8, 4) is 0 Å². The smallest absolute Gasteiger partial charge is 0.236 e. The highest BCUT2D eigenvalue weighted by Crippen LogP contribution is 2.03. The fourth-order valence-corrected chi connectivity index (χ4v) is 1.75. The first-order chi connectivity index (χ1) is 8.67. The minimum absolute atomic E-state index is 0.0779. The number of hydrogen-bond donors (Lipinski definition) is 1. The highest BCUT2D eigenvalue weighted by molar-refractivity contribution is 5.78. The van der Waals surface area contributed by atoms with Gasteiger partial charge in [-0.2, -0.15) is 0 Å². The molecular formula is C14H22N2O2. The highest BCUT2D eigenvalue weighted by atomic mass is 16.3. The summed E-state index contributed by atoms with van der Waals surface area (Å²) in [5, 5.41) is 8.89. The molecule has 0 spiro atoms. The van der Waals surface area contributed by atoms with E-state index in [4.69, 9.17) is 5.11 Å². The van der Waals surface area contributed by atoms with E-state index in [1.807, 2.05) is 49.2 Å². The molecule has 1 aromatic rings. The van der Waals surface area contributed by atoms with Crippen molar-refractivity contribution in [3.63, 3.8) is 0 Å². The number of carbonyl (C=O) groups is 1. The molecule has 1 N–H and O–H groups in total. The lowest BCUT2D eigenvalue weighted by Gasteiger charge is -2.23. The topological polar surface area (TPSA) is 43.8 Å². The molecule has 0 heterocycles. The number of nitrogens with zero attached hydrogens (tertiary/aromatic N) is 2. The van der Waals surface area contributed by atoms with Gasteiger partial charge in [-0.15, -0.1) is 0 Å². The molecule has 1 amide bonds. The van der Waals surface area contributed by atoms with Crippen LogP contribution in [0, 0.1) is 0 Å². The third-order valence-electron chi connectivity index (χ3n) is 2.91. The summed E-state index contributed by atoms with van der Waals surface area (Å²) in [6.45, 7) is 4.37. The standard InChI is InChI=1S/C14H22N2O2/c1-3-16(9-10-17)12-14(18)15(2)11-13-7-5-4-6-8-13/h4-8,17H,3,9-12H2,1-2H3. The van der Waals surface area contributed by atoms with Crippen LogP contribution in [0.15, 0.2) is 30.3 Å². The van der Waals surface area contributed by atoms with Gasteiger partial charge in [-0.05, 0) is 12.1 Å². The van der Waals surface area contributed by atoms with Crippen molar-refractivity contribution >= 4 is 5.91 Å². The van der Waals surface area contributed by atoms with Crippen LogP contribution in [0.5, 0.6) is 0 Å². The van der Waals surface area contributed by atoms with E-state index in [0.29, 0.717) is 19.6 Å². The predicted octanol–water partition coefficient (Wildman–Crippen LogP) is 0.959. The lowest BCUT2D eigenvalue weighted by Crippen LogP contribution is -2.39. The third kappa shape index (κ3) is 4.85. The number of hydrogen-bond acceptors (Lipinski definition) is 3. The summed E-state index contributed by atoms with van der Waals surface area (Å²) in [5.41, 5.74) is 1.12. The van der Waals surface area contributed by atoms with Crippen molar-refractivity contribution < 1.29 is 9.90 Å². The second-order valence-corrected chi connectivity index (χ2v) is 4.33. The van der Waals surface area contributed by atoms with Gasteiger partial charge in [-0.1, -0.05) is 37.3 Å². The van der Waals surface area contributed by atoms with Gasteiger partial charge in [0.25, 0.3) is 0 Å². The van der Waals surface area contributed by atoms with Crippen molar-refractivity contribution in [2.45, 2.75) is 13.5 Å². The van der Waals surface area contributed by atoms with Crippen LogP contribution in [0.4, 0.5) is 0 Å². The number of carbonyl (C=O) groups excluding carboxylic acids is 1. The maximum absolute atomic E-state index is 12.0. The Bertz CT molecular complexity index is 354. The number of aliphatic hydroxyl groups is 1. The molecule has 0 aliphatic rings. The van der Waals surface area contributed by atoms with Gasteiger partial charge in [-0.25, -0.2) is 0 Å². The van der Waals surface area contributed by atoms with Crippen LogP contribution in [0.1, 0.15) is 12.5 Å². The third-order valence-corrected chi connectivity index (χ3v) is 2.91. The van der Waals surface area contributed by atoms with Gasteiger partial charge >= 0.3 is 0 Å². The fraction of sp³-hybridized carbons (Fsp3) is 0.500. The first-order valence-corrected chi connectivity index (χ1v) is 6.28. The summed E-state index contributed by atoms with van der Waals surface area (Å²) >= 11 is 0. The molecule has 18 heavy (non-hydrogen) atoms. The highest BCUT2D eigenvalue weighted by Gasteiger charge is 2.13. The molecule has 1 aromatic carbocycles. The number of likely N-dealkylation sites (N-methyl/N-ethyl adjacent to an activating group) is 2. The van der Waals surface area contributed by atoms with E-state index in [1.165, 1.54) is 0 Å². The van der Waals surface area contributed by atoms with Crippen LogP contribution in [0.2, 0.25) is 0 Å². The summed E-state index contributed by atoms with van der Waals surface area (Å²) in [6, 6.07) is 9.92. The summed E-state index contributed by atoms with van der Waals surface area (Å²) in [4.78, 5) is 15.6. The molecule has 0 saturated carbocycles. The minimum atomic E-state index is 0.0779. The number of amides is 1. The molecule has 0 radical (unpaired) electrons. The van der Waals surface area contributed by atoms with E-state index in [1.54, 1.807) is 4.90 Å². The van der Waals surface area contributed by atoms with Gasteiger partial charge in [0.15, 0.2) is 0 Å². The SMILES string of the molecule is CCN(CCO)CC(=O)N(C)Cc1ccccc1. The Balaban J connectivity index is 2.46. The fourth-order valence-electron chi connectivity index (χ4n) is 1.75. The molecular weight excluding hydrogens is 228 g/mol. The Kier molecular flexibility index (Phi) is 6.39. The first kappa shape index (κ1) is 14.7. The van der Waals surface area contributed by atoms with Crippen molar-refractivity contribution in [3.05, 3.63) is 35.9 Å². The largest absolute Gasteiger partial charge is 0.395 e. The van der Waals surface area contributed by atoms with Gasteiger partial charge < -0.3 is 10.0 Å². The Morgan fingerprint density at radius 1 is 1.28 bits per heavy atom. The zero-order chi connectivity index (χ0) is 13.4. The maximum Gasteiger partial charge on any atom is 0.236 e. The lowest BCUT2D eigenvalue weighted by atomic mass is 10.2. The quantitative estimate of drug-likeness (QED) is 0.784. The van der Waals surface area contributed by atoms with Crippen LogP contribution in [-0.2, 0) is 11.3 Å². The van der Waals surface area contributed by atoms with Crippen LogP contribution < -0.4 is 0 Å². The van der Waals surface area contributed by atoms with Crippen LogP contribution >= 0.6 is 0 Å². The number of aliphatic hydroxyl groups excluding tert-OH is 1. The average molecular weight is 250 g/mol. The molecule has 4 heteroatoms. The van der Waals surface area contributed by atoms with Crippen molar-refractivity contribution in [1.29, 1.82) is 0 Å². The minimum Gasteiger partial charge on any atom is -0.395 e. The molecule has 0 aromatic heterocycles. The van der Waals surface area contributed by atoms with E-state index in [0.717, 1.165) is 12.1 Å². The summed E-state index contributed by atoms with van der Waals surface area (Å²) < 4.78 is 0. The zero-order valence-electron chi connectivity index (χ0n) is 11.2. The molecule has 0 aliphatic heterocycles. The molecule has 0 fully saturated rings. The van der Waals surface area contributed by atoms with Crippen LogP contribution in [-0.4, -0.2) is 54.1 Å². The molecule has 4 nitrogen and oxygen atoms in total. The summed E-state index contributed by atoms with van der Waals surface area (Å²) in [5.74, 6) is 0.0779. The van der Waals surface area contributed by atoms with E-state index in [-0.39, 0.29) is 12.5 Å². The molecule has 0 bridgehead atoms. The Morgan fingerprint density at radius 3 is 2.50 bits per heavy atom. The number of benzene rings is 1. The second-order valence-electron chi connectivity index (χ2n) is 4.33. The lowest BCUT2D eigenvalue weighted by molar-refractivity contribution is -0.131. The first-order valence-electron chi connectivity index (χ1n) is 6.28. The van der Waals surface area contributed by atoms with Gasteiger partial charge in [-0.3, -0.25) is 9.69 Å². The van der Waals surface area contributed by atoms with E-state index in [9.17, 15) is 4.79 Å². The molecule has 0 atom stereocenters. The van der Waals surface area contributed by atoms with E-state index in [2.05, 4.69) is 0 Å². The summed E-state index contributed by atoms with van der Waals surface area (Å²) in [7, 11) is 1.81. The monoisotopic (exact) mass is 250 g/mol. The summed E-state index contributed by atoms with van der Waals surface area (Å²) in [6.07, 6.45) is 0. The molecule has 0 unspecified atom stereocenters. The van der Waals surface area contributed by atoms with E-state index < -0.39 is 0 Å². The molecule has 100 valence electrons. The Morgan fingerprint density at radius 2 is 1.94 bits per heavy atom. The second kappa shape index (κ2) is 7.84. The van der Waals surface area contributed by atoms with Crippen LogP contribution in [0.3, 0.4) is 0 Å². The Labute approximate surface area is 109 Å². The van der Waals surface area contributed by atoms with E-state index >= 15 is 0 Å².